The molecule has 0 saturated carbocycles. The SMILES string of the molecule is CCN(CC)C(N)=NCc1ccc(F)cc1CSC.I. The maximum Gasteiger partial charge on any atom is 0.191 e. The van der Waals surface area contributed by atoms with Crippen LogP contribution in [0.5, 0.6) is 0 Å². The number of thioether (sulfide) groups is 1. The molecule has 3 nitrogen and oxygen atoms in total. The third-order valence-electron chi connectivity index (χ3n) is 2.97. The van der Waals surface area contributed by atoms with Crippen LogP contribution in [-0.4, -0.2) is 30.2 Å². The summed E-state index contributed by atoms with van der Waals surface area (Å²) < 4.78 is 13.2. The van der Waals surface area contributed by atoms with E-state index in [-0.39, 0.29) is 29.8 Å². The number of rotatable bonds is 6. The first-order chi connectivity index (χ1) is 9.12. The molecule has 0 aliphatic rings. The third kappa shape index (κ3) is 5.87. The van der Waals surface area contributed by atoms with Gasteiger partial charge in [-0.3, -0.25) is 0 Å². The molecule has 1 aromatic carbocycles. The molecule has 0 saturated heterocycles. The molecular formula is C14H23FIN3S. The first-order valence-corrected chi connectivity index (χ1v) is 7.82. The molecule has 0 spiro atoms. The first-order valence-electron chi connectivity index (χ1n) is 6.43. The number of aliphatic imine (C=N–C) groups is 1. The Balaban J connectivity index is 0.00000361. The minimum atomic E-state index is -0.200. The highest BCUT2D eigenvalue weighted by atomic mass is 127. The zero-order chi connectivity index (χ0) is 14.3. The Labute approximate surface area is 142 Å². The van der Waals surface area contributed by atoms with Crippen LogP contribution in [0.4, 0.5) is 4.39 Å². The fourth-order valence-electron chi connectivity index (χ4n) is 1.85. The van der Waals surface area contributed by atoms with E-state index in [0.29, 0.717) is 12.5 Å². The van der Waals surface area contributed by atoms with Gasteiger partial charge in [-0.25, -0.2) is 9.38 Å². The molecule has 0 amide bonds. The van der Waals surface area contributed by atoms with Gasteiger partial charge in [0.1, 0.15) is 5.82 Å². The summed E-state index contributed by atoms with van der Waals surface area (Å²) in [6, 6.07) is 4.84. The van der Waals surface area contributed by atoms with Gasteiger partial charge in [0.25, 0.3) is 0 Å². The number of benzene rings is 1. The minimum Gasteiger partial charge on any atom is -0.370 e. The summed E-state index contributed by atoms with van der Waals surface area (Å²) in [4.78, 5) is 6.40. The van der Waals surface area contributed by atoms with Gasteiger partial charge < -0.3 is 10.6 Å². The van der Waals surface area contributed by atoms with Crippen LogP contribution in [0, 0.1) is 5.82 Å². The second kappa shape index (κ2) is 10.3. The lowest BCUT2D eigenvalue weighted by Gasteiger charge is -2.19. The normalized spacial score (nSPS) is 11.1. The number of halogens is 2. The lowest BCUT2D eigenvalue weighted by atomic mass is 10.1. The molecule has 20 heavy (non-hydrogen) atoms. The second-order valence-corrected chi connectivity index (χ2v) is 5.06. The number of nitrogens with zero attached hydrogens (tertiary/aromatic N) is 2. The zero-order valence-corrected chi connectivity index (χ0v) is 15.4. The molecule has 1 aromatic rings. The quantitative estimate of drug-likeness (QED) is 0.443. The molecule has 0 unspecified atom stereocenters. The molecule has 0 fully saturated rings. The molecule has 114 valence electrons. The van der Waals surface area contributed by atoms with Crippen LogP contribution in [-0.2, 0) is 12.3 Å². The predicted octanol–water partition coefficient (Wildman–Crippen LogP) is 3.46. The van der Waals surface area contributed by atoms with E-state index in [0.717, 1.165) is 30.0 Å². The highest BCUT2D eigenvalue weighted by Crippen LogP contribution is 2.17. The molecule has 0 bridgehead atoms. The molecule has 2 N–H and O–H groups in total. The van der Waals surface area contributed by atoms with Crippen LogP contribution in [0.15, 0.2) is 23.2 Å². The van der Waals surface area contributed by atoms with E-state index in [1.807, 2.05) is 25.0 Å². The van der Waals surface area contributed by atoms with Gasteiger partial charge in [0.2, 0.25) is 0 Å². The van der Waals surface area contributed by atoms with Gasteiger partial charge in [0.05, 0.1) is 6.54 Å². The van der Waals surface area contributed by atoms with E-state index in [1.165, 1.54) is 6.07 Å². The number of guanidine groups is 1. The van der Waals surface area contributed by atoms with Crippen molar-refractivity contribution in [2.75, 3.05) is 19.3 Å². The predicted molar refractivity (Wildman–Crippen MR) is 97.3 cm³/mol. The van der Waals surface area contributed by atoms with Gasteiger partial charge in [-0.2, -0.15) is 11.8 Å². The summed E-state index contributed by atoms with van der Waals surface area (Å²) in [5.41, 5.74) is 7.96. The van der Waals surface area contributed by atoms with Crippen LogP contribution in [0.25, 0.3) is 0 Å². The Bertz CT molecular complexity index is 436. The highest BCUT2D eigenvalue weighted by molar-refractivity contribution is 14.0. The van der Waals surface area contributed by atoms with Gasteiger partial charge in [-0.15, -0.1) is 24.0 Å². The Morgan fingerprint density at radius 1 is 1.30 bits per heavy atom. The van der Waals surface area contributed by atoms with E-state index in [1.54, 1.807) is 23.9 Å². The maximum atomic E-state index is 13.2. The lowest BCUT2D eigenvalue weighted by molar-refractivity contribution is 0.458. The van der Waals surface area contributed by atoms with Crippen molar-refractivity contribution in [1.82, 2.24) is 4.90 Å². The number of nitrogens with two attached hydrogens (primary N) is 1. The van der Waals surface area contributed by atoms with Crippen molar-refractivity contribution in [3.8, 4) is 0 Å². The van der Waals surface area contributed by atoms with E-state index in [9.17, 15) is 4.39 Å². The largest absolute Gasteiger partial charge is 0.370 e. The first kappa shape index (κ1) is 19.5. The van der Waals surface area contributed by atoms with Crippen LogP contribution in [0.1, 0.15) is 25.0 Å². The summed E-state index contributed by atoms with van der Waals surface area (Å²) in [5, 5.41) is 0. The van der Waals surface area contributed by atoms with Crippen molar-refractivity contribution in [3.63, 3.8) is 0 Å². The molecule has 0 heterocycles. The zero-order valence-electron chi connectivity index (χ0n) is 12.2. The molecule has 0 aromatic heterocycles. The Kier molecular flexibility index (Phi) is 10.0. The van der Waals surface area contributed by atoms with Gasteiger partial charge in [0, 0.05) is 18.8 Å². The van der Waals surface area contributed by atoms with Crippen molar-refractivity contribution < 1.29 is 4.39 Å². The third-order valence-corrected chi connectivity index (χ3v) is 3.57. The van der Waals surface area contributed by atoms with E-state index in [2.05, 4.69) is 4.99 Å². The number of hydrogen-bond donors (Lipinski definition) is 1. The number of hydrogen-bond acceptors (Lipinski definition) is 2. The Morgan fingerprint density at radius 3 is 2.50 bits per heavy atom. The average molecular weight is 411 g/mol. The fourth-order valence-corrected chi connectivity index (χ4v) is 2.43. The molecule has 0 atom stereocenters. The molecular weight excluding hydrogens is 388 g/mol. The minimum absolute atomic E-state index is 0. The monoisotopic (exact) mass is 411 g/mol. The van der Waals surface area contributed by atoms with Gasteiger partial charge >= 0.3 is 0 Å². The summed E-state index contributed by atoms with van der Waals surface area (Å²) in [6.07, 6.45) is 2.00. The lowest BCUT2D eigenvalue weighted by Crippen LogP contribution is -2.37. The van der Waals surface area contributed by atoms with Crippen LogP contribution >= 0.6 is 35.7 Å². The second-order valence-electron chi connectivity index (χ2n) is 4.19. The van der Waals surface area contributed by atoms with Crippen molar-refractivity contribution in [2.24, 2.45) is 10.7 Å². The maximum absolute atomic E-state index is 13.2. The highest BCUT2D eigenvalue weighted by Gasteiger charge is 2.05. The smallest absolute Gasteiger partial charge is 0.191 e. The summed E-state index contributed by atoms with van der Waals surface area (Å²) in [6.45, 7) is 6.27. The molecule has 1 rings (SSSR count). The van der Waals surface area contributed by atoms with Crippen molar-refractivity contribution >= 4 is 41.7 Å². The van der Waals surface area contributed by atoms with Crippen molar-refractivity contribution in [2.45, 2.75) is 26.1 Å². The molecule has 0 aliphatic carbocycles. The van der Waals surface area contributed by atoms with Gasteiger partial charge in [-0.1, -0.05) is 6.07 Å². The van der Waals surface area contributed by atoms with Gasteiger partial charge in [0.15, 0.2) is 5.96 Å². The van der Waals surface area contributed by atoms with Crippen LogP contribution in [0.3, 0.4) is 0 Å². The van der Waals surface area contributed by atoms with E-state index in [4.69, 9.17) is 5.73 Å². The standard InChI is InChI=1S/C14H22FN3S.HI/c1-4-18(5-2)14(16)17-9-11-6-7-13(15)8-12(11)10-19-3;/h6-8H,4-5,9-10H2,1-3H3,(H2,16,17);1H. The topological polar surface area (TPSA) is 41.6 Å². The van der Waals surface area contributed by atoms with E-state index >= 15 is 0 Å². The summed E-state index contributed by atoms with van der Waals surface area (Å²) in [5.74, 6) is 1.13. The Morgan fingerprint density at radius 2 is 1.95 bits per heavy atom. The molecule has 0 aliphatic heterocycles. The summed E-state index contributed by atoms with van der Waals surface area (Å²) >= 11 is 1.67. The molecule has 0 radical (unpaired) electrons. The average Bonchev–Trinajstić information content (AvgIpc) is 2.39. The van der Waals surface area contributed by atoms with Crippen molar-refractivity contribution in [1.29, 1.82) is 0 Å². The van der Waals surface area contributed by atoms with Crippen molar-refractivity contribution in [3.05, 3.63) is 35.1 Å². The van der Waals surface area contributed by atoms with Crippen LogP contribution in [0.2, 0.25) is 0 Å². The van der Waals surface area contributed by atoms with Crippen LogP contribution < -0.4 is 5.73 Å². The van der Waals surface area contributed by atoms with Gasteiger partial charge in [-0.05, 0) is 43.4 Å². The fraction of sp³-hybridized carbons (Fsp3) is 0.500. The Hall–Kier alpha value is -0.500. The van der Waals surface area contributed by atoms with E-state index < -0.39 is 0 Å². The summed E-state index contributed by atoms with van der Waals surface area (Å²) in [7, 11) is 0. The molecule has 6 heteroatoms.